The van der Waals surface area contributed by atoms with Crippen molar-refractivity contribution < 1.29 is 5.11 Å². The Morgan fingerprint density at radius 1 is 1.31 bits per heavy atom. The van der Waals surface area contributed by atoms with Crippen molar-refractivity contribution in [2.45, 2.75) is 45.8 Å². The number of rotatable bonds is 3. The van der Waals surface area contributed by atoms with Crippen LogP contribution in [0.4, 0.5) is 11.5 Å². The van der Waals surface area contributed by atoms with Crippen molar-refractivity contribution in [3.8, 4) is 0 Å². The summed E-state index contributed by atoms with van der Waals surface area (Å²) in [7, 11) is 0. The summed E-state index contributed by atoms with van der Waals surface area (Å²) < 4.78 is 0. The number of pyridine rings is 1. The van der Waals surface area contributed by atoms with Gasteiger partial charge in [-0.05, 0) is 40.2 Å². The lowest BCUT2D eigenvalue weighted by Gasteiger charge is -2.38. The standard InChI is InChI=1S/C12H21N3O/c1-8-7-14-10(6-9(8)13)15-11(2,3)12(4,5)16/h6-7,16H,1-5H3,(H3,13,14,15). The first-order valence-corrected chi connectivity index (χ1v) is 5.36. The van der Waals surface area contributed by atoms with Gasteiger partial charge in [-0.25, -0.2) is 4.98 Å². The van der Waals surface area contributed by atoms with E-state index < -0.39 is 11.1 Å². The molecule has 0 saturated heterocycles. The van der Waals surface area contributed by atoms with Crippen LogP contribution in [0.5, 0.6) is 0 Å². The SMILES string of the molecule is Cc1cnc(NC(C)(C)C(C)(C)O)cc1N. The number of nitrogens with one attached hydrogen (secondary N) is 1. The zero-order valence-corrected chi connectivity index (χ0v) is 10.6. The number of nitrogens with zero attached hydrogens (tertiary/aromatic N) is 1. The first-order valence-electron chi connectivity index (χ1n) is 5.36. The molecule has 0 atom stereocenters. The van der Waals surface area contributed by atoms with Gasteiger partial charge in [-0.15, -0.1) is 0 Å². The van der Waals surface area contributed by atoms with E-state index in [-0.39, 0.29) is 0 Å². The monoisotopic (exact) mass is 223 g/mol. The second-order valence-electron chi connectivity index (χ2n) is 5.24. The molecule has 4 N–H and O–H groups in total. The molecular weight excluding hydrogens is 202 g/mol. The molecule has 1 aromatic rings. The number of aryl methyl sites for hydroxylation is 1. The average Bonchev–Trinajstić information content (AvgIpc) is 2.09. The first-order chi connectivity index (χ1) is 7.13. The lowest BCUT2D eigenvalue weighted by atomic mass is 9.86. The van der Waals surface area contributed by atoms with E-state index in [2.05, 4.69) is 10.3 Å². The molecule has 0 bridgehead atoms. The van der Waals surface area contributed by atoms with E-state index in [4.69, 9.17) is 5.73 Å². The van der Waals surface area contributed by atoms with E-state index in [0.29, 0.717) is 11.5 Å². The first kappa shape index (κ1) is 12.8. The van der Waals surface area contributed by atoms with Crippen molar-refractivity contribution in [1.29, 1.82) is 0 Å². The molecule has 90 valence electrons. The average molecular weight is 223 g/mol. The molecule has 0 aliphatic heterocycles. The maximum Gasteiger partial charge on any atom is 0.128 e. The largest absolute Gasteiger partial charge is 0.398 e. The van der Waals surface area contributed by atoms with Crippen LogP contribution in [0.2, 0.25) is 0 Å². The Balaban J connectivity index is 2.93. The fraction of sp³-hybridized carbons (Fsp3) is 0.583. The van der Waals surface area contributed by atoms with Crippen LogP contribution in [0, 0.1) is 6.92 Å². The number of anilines is 2. The van der Waals surface area contributed by atoms with Crippen molar-refractivity contribution in [3.63, 3.8) is 0 Å². The second kappa shape index (κ2) is 3.94. The number of aromatic nitrogens is 1. The van der Waals surface area contributed by atoms with Gasteiger partial charge in [0.2, 0.25) is 0 Å². The summed E-state index contributed by atoms with van der Waals surface area (Å²) in [4.78, 5) is 4.24. The molecule has 0 unspecified atom stereocenters. The molecular formula is C12H21N3O. The number of nitrogens with two attached hydrogens (primary N) is 1. The zero-order valence-electron chi connectivity index (χ0n) is 10.6. The molecule has 0 spiro atoms. The van der Waals surface area contributed by atoms with Crippen LogP contribution < -0.4 is 11.1 Å². The summed E-state index contributed by atoms with van der Waals surface area (Å²) in [6.07, 6.45) is 1.72. The van der Waals surface area contributed by atoms with Crippen molar-refractivity contribution in [2.75, 3.05) is 11.1 Å². The van der Waals surface area contributed by atoms with Gasteiger partial charge in [0.25, 0.3) is 0 Å². The van der Waals surface area contributed by atoms with E-state index in [1.54, 1.807) is 26.1 Å². The maximum absolute atomic E-state index is 10.0. The Kier molecular flexibility index (Phi) is 3.15. The molecule has 1 heterocycles. The highest BCUT2D eigenvalue weighted by Crippen LogP contribution is 2.26. The van der Waals surface area contributed by atoms with Crippen molar-refractivity contribution in [3.05, 3.63) is 17.8 Å². The Morgan fingerprint density at radius 2 is 1.88 bits per heavy atom. The van der Waals surface area contributed by atoms with Crippen molar-refractivity contribution in [2.24, 2.45) is 0 Å². The normalized spacial score (nSPS) is 12.6. The third-order valence-electron chi connectivity index (χ3n) is 3.11. The zero-order chi connectivity index (χ0) is 12.6. The van der Waals surface area contributed by atoms with Gasteiger partial charge in [0, 0.05) is 18.0 Å². The molecule has 0 radical (unpaired) electrons. The van der Waals surface area contributed by atoms with E-state index in [0.717, 1.165) is 5.56 Å². The van der Waals surface area contributed by atoms with Crippen LogP contribution in [0.25, 0.3) is 0 Å². The Hall–Kier alpha value is -1.29. The van der Waals surface area contributed by atoms with Gasteiger partial charge in [0.15, 0.2) is 0 Å². The van der Waals surface area contributed by atoms with Gasteiger partial charge in [0.1, 0.15) is 5.82 Å². The fourth-order valence-electron chi connectivity index (χ4n) is 1.08. The predicted octanol–water partition coefficient (Wildman–Crippen LogP) is 1.93. The molecule has 0 fully saturated rings. The second-order valence-corrected chi connectivity index (χ2v) is 5.24. The molecule has 0 aromatic carbocycles. The summed E-state index contributed by atoms with van der Waals surface area (Å²) in [6, 6.07) is 1.78. The predicted molar refractivity (Wildman–Crippen MR) is 67.4 cm³/mol. The van der Waals surface area contributed by atoms with Crippen LogP contribution in [-0.2, 0) is 0 Å². The molecule has 0 saturated carbocycles. The lowest BCUT2D eigenvalue weighted by molar-refractivity contribution is 0.0239. The molecule has 1 rings (SSSR count). The highest BCUT2D eigenvalue weighted by atomic mass is 16.3. The highest BCUT2D eigenvalue weighted by Gasteiger charge is 2.35. The number of hydrogen-bond donors (Lipinski definition) is 3. The molecule has 1 aromatic heterocycles. The summed E-state index contributed by atoms with van der Waals surface area (Å²) in [5.41, 5.74) is 6.12. The molecule has 4 heteroatoms. The van der Waals surface area contributed by atoms with Crippen LogP contribution >= 0.6 is 0 Å². The third kappa shape index (κ3) is 2.64. The molecule has 0 aliphatic rings. The Morgan fingerprint density at radius 3 is 2.31 bits per heavy atom. The van der Waals surface area contributed by atoms with E-state index in [1.165, 1.54) is 0 Å². The van der Waals surface area contributed by atoms with E-state index >= 15 is 0 Å². The highest BCUT2D eigenvalue weighted by molar-refractivity contribution is 5.54. The van der Waals surface area contributed by atoms with Gasteiger partial charge in [-0.3, -0.25) is 0 Å². The van der Waals surface area contributed by atoms with Gasteiger partial charge in [0.05, 0.1) is 11.1 Å². The summed E-state index contributed by atoms with van der Waals surface area (Å²) in [6.45, 7) is 9.28. The molecule has 16 heavy (non-hydrogen) atoms. The number of aliphatic hydroxyl groups is 1. The smallest absolute Gasteiger partial charge is 0.128 e. The maximum atomic E-state index is 10.0. The quantitative estimate of drug-likeness (QED) is 0.732. The number of hydrogen-bond acceptors (Lipinski definition) is 4. The number of nitrogen functional groups attached to an aromatic ring is 1. The lowest BCUT2D eigenvalue weighted by Crippen LogP contribution is -2.51. The van der Waals surface area contributed by atoms with Crippen LogP contribution in [-0.4, -0.2) is 21.2 Å². The fourth-order valence-corrected chi connectivity index (χ4v) is 1.08. The minimum Gasteiger partial charge on any atom is -0.398 e. The minimum atomic E-state index is -0.853. The minimum absolute atomic E-state index is 0.484. The van der Waals surface area contributed by atoms with E-state index in [9.17, 15) is 5.11 Å². The topological polar surface area (TPSA) is 71.2 Å². The summed E-state index contributed by atoms with van der Waals surface area (Å²) in [5, 5.41) is 13.2. The molecule has 0 amide bonds. The van der Waals surface area contributed by atoms with Crippen LogP contribution in [0.3, 0.4) is 0 Å². The van der Waals surface area contributed by atoms with Crippen molar-refractivity contribution >= 4 is 11.5 Å². The molecule has 0 aliphatic carbocycles. The van der Waals surface area contributed by atoms with E-state index in [1.807, 2.05) is 20.8 Å². The Bertz CT molecular complexity index is 380. The molecule has 4 nitrogen and oxygen atoms in total. The summed E-state index contributed by atoms with van der Waals surface area (Å²) in [5.74, 6) is 0.676. The van der Waals surface area contributed by atoms with Gasteiger partial charge in [-0.2, -0.15) is 0 Å². The van der Waals surface area contributed by atoms with Gasteiger partial charge in [-0.1, -0.05) is 0 Å². The summed E-state index contributed by atoms with van der Waals surface area (Å²) >= 11 is 0. The van der Waals surface area contributed by atoms with Crippen LogP contribution in [0.1, 0.15) is 33.3 Å². The van der Waals surface area contributed by atoms with Crippen molar-refractivity contribution in [1.82, 2.24) is 4.98 Å². The third-order valence-corrected chi connectivity index (χ3v) is 3.11. The van der Waals surface area contributed by atoms with Gasteiger partial charge >= 0.3 is 0 Å². The van der Waals surface area contributed by atoms with Gasteiger partial charge < -0.3 is 16.2 Å². The van der Waals surface area contributed by atoms with Crippen LogP contribution in [0.15, 0.2) is 12.3 Å². The Labute approximate surface area is 96.9 Å².